The van der Waals surface area contributed by atoms with E-state index in [0.29, 0.717) is 6.42 Å². The number of para-hydroxylation sites is 1. The van der Waals surface area contributed by atoms with Crippen molar-refractivity contribution < 1.29 is 0 Å². The van der Waals surface area contributed by atoms with Gasteiger partial charge in [-0.3, -0.25) is 16.0 Å². The fraction of sp³-hybridized carbons (Fsp3) is 0.357. The molecule has 0 aliphatic heterocycles. The SMILES string of the molecule is CCn1nc(CC(NN)c2snnc2C)c2ccccc21. The van der Waals surface area contributed by atoms with Gasteiger partial charge in [-0.1, -0.05) is 22.7 Å². The van der Waals surface area contributed by atoms with Gasteiger partial charge in [-0.25, -0.2) is 0 Å². The molecule has 7 heteroatoms. The van der Waals surface area contributed by atoms with Crippen molar-refractivity contribution in [2.75, 3.05) is 0 Å². The average Bonchev–Trinajstić information content (AvgIpc) is 3.09. The van der Waals surface area contributed by atoms with E-state index in [9.17, 15) is 0 Å². The quantitative estimate of drug-likeness (QED) is 0.556. The first-order valence-corrected chi connectivity index (χ1v) is 7.71. The Morgan fingerprint density at radius 1 is 1.38 bits per heavy atom. The monoisotopic (exact) mass is 302 g/mol. The van der Waals surface area contributed by atoms with E-state index in [2.05, 4.69) is 34.1 Å². The van der Waals surface area contributed by atoms with Crippen LogP contribution in [0.5, 0.6) is 0 Å². The first kappa shape index (κ1) is 14.1. The zero-order valence-electron chi connectivity index (χ0n) is 12.1. The Labute approximate surface area is 127 Å². The number of aryl methyl sites for hydroxylation is 2. The molecule has 0 saturated heterocycles. The molecule has 21 heavy (non-hydrogen) atoms. The van der Waals surface area contributed by atoms with Gasteiger partial charge < -0.3 is 0 Å². The van der Waals surface area contributed by atoms with Gasteiger partial charge in [0, 0.05) is 18.4 Å². The minimum atomic E-state index is -0.0198. The van der Waals surface area contributed by atoms with Crippen molar-refractivity contribution in [1.82, 2.24) is 24.8 Å². The summed E-state index contributed by atoms with van der Waals surface area (Å²) in [4.78, 5) is 1.06. The molecule has 1 aromatic carbocycles. The zero-order chi connectivity index (χ0) is 14.8. The molecule has 1 unspecified atom stereocenters. The second-order valence-electron chi connectivity index (χ2n) is 4.93. The van der Waals surface area contributed by atoms with Crippen LogP contribution in [0, 0.1) is 6.92 Å². The summed E-state index contributed by atoms with van der Waals surface area (Å²) in [5, 5.41) is 9.95. The van der Waals surface area contributed by atoms with Crippen LogP contribution in [0.2, 0.25) is 0 Å². The molecule has 3 aromatic rings. The minimum absolute atomic E-state index is 0.0198. The van der Waals surface area contributed by atoms with Crippen LogP contribution in [0.4, 0.5) is 0 Å². The molecule has 2 heterocycles. The first-order valence-electron chi connectivity index (χ1n) is 6.94. The van der Waals surface area contributed by atoms with Crippen molar-refractivity contribution >= 4 is 22.4 Å². The lowest BCUT2D eigenvalue weighted by molar-refractivity contribution is 0.544. The van der Waals surface area contributed by atoms with Gasteiger partial charge in [-0.05, 0) is 31.4 Å². The zero-order valence-corrected chi connectivity index (χ0v) is 12.9. The van der Waals surface area contributed by atoms with Gasteiger partial charge in [0.2, 0.25) is 0 Å². The number of rotatable bonds is 5. The number of hydrogen-bond acceptors (Lipinski definition) is 6. The van der Waals surface area contributed by atoms with Gasteiger partial charge in [0.05, 0.1) is 27.8 Å². The smallest absolute Gasteiger partial charge is 0.0773 e. The van der Waals surface area contributed by atoms with Crippen LogP contribution < -0.4 is 11.3 Å². The average molecular weight is 302 g/mol. The lowest BCUT2D eigenvalue weighted by atomic mass is 10.1. The highest BCUT2D eigenvalue weighted by atomic mass is 32.1. The summed E-state index contributed by atoms with van der Waals surface area (Å²) in [7, 11) is 0. The first-order chi connectivity index (χ1) is 10.2. The Kier molecular flexibility index (Phi) is 3.96. The highest BCUT2D eigenvalue weighted by molar-refractivity contribution is 7.05. The van der Waals surface area contributed by atoms with Gasteiger partial charge in [-0.15, -0.1) is 5.10 Å². The van der Waals surface area contributed by atoms with E-state index in [1.807, 2.05) is 23.7 Å². The van der Waals surface area contributed by atoms with Crippen LogP contribution in [0.1, 0.15) is 29.2 Å². The second kappa shape index (κ2) is 5.88. The van der Waals surface area contributed by atoms with Gasteiger partial charge in [0.25, 0.3) is 0 Å². The molecule has 0 amide bonds. The van der Waals surface area contributed by atoms with E-state index in [1.165, 1.54) is 16.9 Å². The van der Waals surface area contributed by atoms with E-state index in [1.54, 1.807) is 0 Å². The second-order valence-corrected chi connectivity index (χ2v) is 5.71. The number of nitrogens with one attached hydrogen (secondary N) is 1. The van der Waals surface area contributed by atoms with Crippen LogP contribution in [0.15, 0.2) is 24.3 Å². The van der Waals surface area contributed by atoms with Crippen molar-refractivity contribution in [1.29, 1.82) is 0 Å². The Morgan fingerprint density at radius 3 is 2.86 bits per heavy atom. The van der Waals surface area contributed by atoms with Crippen LogP contribution in [-0.2, 0) is 13.0 Å². The van der Waals surface area contributed by atoms with Crippen LogP contribution in [-0.4, -0.2) is 19.4 Å². The molecule has 6 nitrogen and oxygen atoms in total. The molecule has 0 spiro atoms. The summed E-state index contributed by atoms with van der Waals surface area (Å²) in [5.41, 5.74) is 5.99. The predicted octanol–water partition coefficient (Wildman–Crippen LogP) is 1.96. The molecule has 0 aliphatic carbocycles. The molecule has 0 aliphatic rings. The van der Waals surface area contributed by atoms with E-state index in [4.69, 9.17) is 10.9 Å². The van der Waals surface area contributed by atoms with Crippen molar-refractivity contribution in [3.8, 4) is 0 Å². The van der Waals surface area contributed by atoms with Crippen LogP contribution in [0.25, 0.3) is 10.9 Å². The van der Waals surface area contributed by atoms with E-state index >= 15 is 0 Å². The number of hydrazine groups is 1. The maximum atomic E-state index is 5.73. The molecule has 3 N–H and O–H groups in total. The van der Waals surface area contributed by atoms with E-state index < -0.39 is 0 Å². The number of nitrogens with zero attached hydrogens (tertiary/aromatic N) is 4. The summed E-state index contributed by atoms with van der Waals surface area (Å²) in [5.74, 6) is 5.73. The topological polar surface area (TPSA) is 81.7 Å². The summed E-state index contributed by atoms with van der Waals surface area (Å²) in [6, 6.07) is 8.26. The summed E-state index contributed by atoms with van der Waals surface area (Å²) in [6.45, 7) is 4.90. The highest BCUT2D eigenvalue weighted by Gasteiger charge is 2.20. The molecular weight excluding hydrogens is 284 g/mol. The number of nitrogens with two attached hydrogens (primary N) is 1. The third-order valence-electron chi connectivity index (χ3n) is 3.64. The molecule has 0 bridgehead atoms. The Morgan fingerprint density at radius 2 is 2.19 bits per heavy atom. The number of hydrogen-bond donors (Lipinski definition) is 2. The molecule has 0 radical (unpaired) electrons. The fourth-order valence-corrected chi connectivity index (χ4v) is 3.27. The normalized spacial score (nSPS) is 12.9. The van der Waals surface area contributed by atoms with Crippen molar-refractivity contribution in [3.05, 3.63) is 40.5 Å². The lowest BCUT2D eigenvalue weighted by Crippen LogP contribution is -2.29. The van der Waals surface area contributed by atoms with Crippen molar-refractivity contribution in [3.63, 3.8) is 0 Å². The lowest BCUT2D eigenvalue weighted by Gasteiger charge is -2.12. The largest absolute Gasteiger partial charge is 0.271 e. The molecule has 110 valence electrons. The van der Waals surface area contributed by atoms with Gasteiger partial charge in [0.15, 0.2) is 0 Å². The van der Waals surface area contributed by atoms with Crippen LogP contribution in [0.3, 0.4) is 0 Å². The summed E-state index contributed by atoms with van der Waals surface area (Å²) < 4.78 is 6.01. The van der Waals surface area contributed by atoms with E-state index in [-0.39, 0.29) is 6.04 Å². The third kappa shape index (κ3) is 2.55. The highest BCUT2D eigenvalue weighted by Crippen LogP contribution is 2.26. The predicted molar refractivity (Wildman–Crippen MR) is 83.8 cm³/mol. The van der Waals surface area contributed by atoms with Crippen molar-refractivity contribution in [2.24, 2.45) is 5.84 Å². The molecule has 0 fully saturated rings. The van der Waals surface area contributed by atoms with Gasteiger partial charge in [-0.2, -0.15) is 5.10 Å². The maximum absolute atomic E-state index is 5.73. The van der Waals surface area contributed by atoms with Crippen molar-refractivity contribution in [2.45, 2.75) is 32.9 Å². The third-order valence-corrected chi connectivity index (χ3v) is 4.58. The van der Waals surface area contributed by atoms with E-state index in [0.717, 1.165) is 28.3 Å². The van der Waals surface area contributed by atoms with Gasteiger partial charge in [0.1, 0.15) is 0 Å². The summed E-state index contributed by atoms with van der Waals surface area (Å²) >= 11 is 1.38. The molecule has 2 aromatic heterocycles. The minimum Gasteiger partial charge on any atom is -0.271 e. The Hall–Kier alpha value is -1.83. The standard InChI is InChI=1S/C14H18N6S/c1-3-20-13-7-5-4-6-10(13)11(18-20)8-12(16-15)14-9(2)17-19-21-14/h4-7,12,16H,3,8,15H2,1-2H3. The molecule has 1 atom stereocenters. The Bertz CT molecular complexity index is 747. The number of aromatic nitrogens is 4. The fourth-order valence-electron chi connectivity index (χ4n) is 2.57. The Balaban J connectivity index is 1.99. The molecule has 3 rings (SSSR count). The molecular formula is C14H18N6S. The summed E-state index contributed by atoms with van der Waals surface area (Å²) in [6.07, 6.45) is 0.717. The number of benzene rings is 1. The van der Waals surface area contributed by atoms with Crippen LogP contribution >= 0.6 is 11.5 Å². The maximum Gasteiger partial charge on any atom is 0.0773 e. The number of fused-ring (bicyclic) bond motifs is 1. The molecule has 0 saturated carbocycles. The van der Waals surface area contributed by atoms with Gasteiger partial charge >= 0.3 is 0 Å².